The molecule has 2 aromatic rings. The third-order valence-corrected chi connectivity index (χ3v) is 8.06. The van der Waals surface area contributed by atoms with Gasteiger partial charge in [0.25, 0.3) is 5.91 Å². The van der Waals surface area contributed by atoms with Crippen LogP contribution >= 0.6 is 11.3 Å². The average Bonchev–Trinajstić information content (AvgIpc) is 3.40. The molecule has 0 spiro atoms. The standard InChI is InChI=1S/C26H35N3O3S/c1-26(2,3)17-11-12-18-21(15-17)33-25(28-22(30)16-29-13-7-8-14-29)23(18)24(31)27-19-9-5-6-10-20(19)32-4/h5-6,9-10,17H,7-8,11-16H2,1-4H3,(H,27,31)(H,28,30)/t17-/m1/s1. The molecular formula is C26H35N3O3S. The minimum absolute atomic E-state index is 0.0470. The van der Waals surface area contributed by atoms with Gasteiger partial charge in [0.2, 0.25) is 5.91 Å². The molecule has 1 saturated heterocycles. The Morgan fingerprint density at radius 3 is 2.58 bits per heavy atom. The predicted octanol–water partition coefficient (Wildman–Crippen LogP) is 5.19. The highest BCUT2D eigenvalue weighted by Crippen LogP contribution is 2.44. The number of fused-ring (bicyclic) bond motifs is 1. The molecule has 33 heavy (non-hydrogen) atoms. The van der Waals surface area contributed by atoms with E-state index in [9.17, 15) is 9.59 Å². The van der Waals surface area contributed by atoms with Crippen molar-refractivity contribution in [2.24, 2.45) is 11.3 Å². The highest BCUT2D eigenvalue weighted by atomic mass is 32.1. The summed E-state index contributed by atoms with van der Waals surface area (Å²) in [6.07, 6.45) is 5.12. The number of thiophene rings is 1. The summed E-state index contributed by atoms with van der Waals surface area (Å²) in [5.74, 6) is 0.932. The fraction of sp³-hybridized carbons (Fsp3) is 0.538. The molecular weight excluding hydrogens is 434 g/mol. The van der Waals surface area contributed by atoms with Crippen LogP contribution in [-0.4, -0.2) is 43.5 Å². The maximum absolute atomic E-state index is 13.5. The zero-order chi connectivity index (χ0) is 23.6. The van der Waals surface area contributed by atoms with Crippen molar-refractivity contribution in [1.29, 1.82) is 0 Å². The molecule has 1 fully saturated rings. The Morgan fingerprint density at radius 2 is 1.88 bits per heavy atom. The number of hydrogen-bond acceptors (Lipinski definition) is 5. The lowest BCUT2D eigenvalue weighted by atomic mass is 9.72. The van der Waals surface area contributed by atoms with Crippen LogP contribution in [0.5, 0.6) is 5.75 Å². The molecule has 2 amide bonds. The van der Waals surface area contributed by atoms with Gasteiger partial charge in [-0.05, 0) is 74.2 Å². The zero-order valence-electron chi connectivity index (χ0n) is 20.1. The fourth-order valence-electron chi connectivity index (χ4n) is 4.90. The van der Waals surface area contributed by atoms with Crippen molar-refractivity contribution in [1.82, 2.24) is 4.90 Å². The van der Waals surface area contributed by atoms with E-state index < -0.39 is 0 Å². The summed E-state index contributed by atoms with van der Waals surface area (Å²) >= 11 is 1.57. The molecule has 0 unspecified atom stereocenters. The molecule has 1 aromatic carbocycles. The number of likely N-dealkylation sites (tertiary alicyclic amines) is 1. The molecule has 0 saturated carbocycles. The second-order valence-electron chi connectivity index (χ2n) is 10.2. The van der Waals surface area contributed by atoms with Crippen LogP contribution in [-0.2, 0) is 17.6 Å². The van der Waals surface area contributed by atoms with Crippen LogP contribution in [0.1, 0.15) is 60.8 Å². The van der Waals surface area contributed by atoms with Gasteiger partial charge in [0.15, 0.2) is 0 Å². The summed E-state index contributed by atoms with van der Waals surface area (Å²) in [5, 5.41) is 6.78. The van der Waals surface area contributed by atoms with E-state index in [1.807, 2.05) is 24.3 Å². The van der Waals surface area contributed by atoms with Crippen LogP contribution in [0.4, 0.5) is 10.7 Å². The Kier molecular flexibility index (Phi) is 7.10. The van der Waals surface area contributed by atoms with Gasteiger partial charge in [-0.15, -0.1) is 11.3 Å². The molecule has 178 valence electrons. The van der Waals surface area contributed by atoms with Crippen LogP contribution in [0.3, 0.4) is 0 Å². The van der Waals surface area contributed by atoms with Gasteiger partial charge in [-0.25, -0.2) is 0 Å². The minimum Gasteiger partial charge on any atom is -0.495 e. The first-order valence-electron chi connectivity index (χ1n) is 11.9. The number of carbonyl (C=O) groups is 2. The number of rotatable bonds is 6. The highest BCUT2D eigenvalue weighted by Gasteiger charge is 2.34. The Bertz CT molecular complexity index is 1020. The molecule has 2 heterocycles. The molecule has 0 bridgehead atoms. The van der Waals surface area contributed by atoms with E-state index in [2.05, 4.69) is 36.3 Å². The number of nitrogens with one attached hydrogen (secondary N) is 2. The van der Waals surface area contributed by atoms with Gasteiger partial charge in [0, 0.05) is 4.88 Å². The SMILES string of the molecule is COc1ccccc1NC(=O)c1c(NC(=O)CN2CCCC2)sc2c1CC[C@@H](C(C)(C)C)C2. The van der Waals surface area contributed by atoms with Gasteiger partial charge in [0.1, 0.15) is 10.8 Å². The normalized spacial score (nSPS) is 18.6. The monoisotopic (exact) mass is 469 g/mol. The number of carbonyl (C=O) groups excluding carboxylic acids is 2. The first kappa shape index (κ1) is 23.8. The van der Waals surface area contributed by atoms with Gasteiger partial charge in [0.05, 0.1) is 24.9 Å². The summed E-state index contributed by atoms with van der Waals surface area (Å²) in [5.41, 5.74) is 2.54. The number of ether oxygens (including phenoxy) is 1. The molecule has 7 heteroatoms. The topological polar surface area (TPSA) is 70.7 Å². The van der Waals surface area contributed by atoms with E-state index in [1.54, 1.807) is 18.4 Å². The van der Waals surface area contributed by atoms with Gasteiger partial charge >= 0.3 is 0 Å². The third kappa shape index (κ3) is 5.41. The Balaban J connectivity index is 1.62. The fourth-order valence-corrected chi connectivity index (χ4v) is 6.24. The summed E-state index contributed by atoms with van der Waals surface area (Å²) in [4.78, 5) is 29.8. The zero-order valence-corrected chi connectivity index (χ0v) is 20.9. The molecule has 1 atom stereocenters. The number of hydrogen-bond donors (Lipinski definition) is 2. The number of amides is 2. The van der Waals surface area contributed by atoms with Crippen molar-refractivity contribution in [3.63, 3.8) is 0 Å². The molecule has 1 aromatic heterocycles. The lowest BCUT2D eigenvalue weighted by molar-refractivity contribution is -0.117. The van der Waals surface area contributed by atoms with Crippen LogP contribution in [0.25, 0.3) is 0 Å². The van der Waals surface area contributed by atoms with Crippen LogP contribution in [0, 0.1) is 11.3 Å². The van der Waals surface area contributed by atoms with Crippen LogP contribution < -0.4 is 15.4 Å². The van der Waals surface area contributed by atoms with Crippen molar-refractivity contribution >= 4 is 33.8 Å². The number of anilines is 2. The molecule has 0 radical (unpaired) electrons. The minimum atomic E-state index is -0.192. The van der Waals surface area contributed by atoms with Gasteiger partial charge in [-0.3, -0.25) is 14.5 Å². The first-order valence-corrected chi connectivity index (χ1v) is 12.7. The second-order valence-corrected chi connectivity index (χ2v) is 11.3. The number of benzene rings is 1. The lowest BCUT2D eigenvalue weighted by Crippen LogP contribution is -2.31. The number of para-hydroxylation sites is 2. The Hall–Kier alpha value is -2.38. The van der Waals surface area contributed by atoms with E-state index in [-0.39, 0.29) is 17.2 Å². The van der Waals surface area contributed by atoms with Gasteiger partial charge < -0.3 is 15.4 Å². The smallest absolute Gasteiger partial charge is 0.259 e. The Labute approximate surface area is 200 Å². The summed E-state index contributed by atoms with van der Waals surface area (Å²) in [6, 6.07) is 7.40. The van der Waals surface area contributed by atoms with E-state index >= 15 is 0 Å². The van der Waals surface area contributed by atoms with Gasteiger partial charge in [-0.2, -0.15) is 0 Å². The van der Waals surface area contributed by atoms with Gasteiger partial charge in [-0.1, -0.05) is 32.9 Å². The van der Waals surface area contributed by atoms with Crippen molar-refractivity contribution in [3.05, 3.63) is 40.3 Å². The molecule has 1 aliphatic carbocycles. The first-order chi connectivity index (χ1) is 15.8. The van der Waals surface area contributed by atoms with Crippen LogP contribution in [0.15, 0.2) is 24.3 Å². The predicted molar refractivity (Wildman–Crippen MR) is 135 cm³/mol. The molecule has 1 aliphatic heterocycles. The largest absolute Gasteiger partial charge is 0.495 e. The van der Waals surface area contributed by atoms with Crippen molar-refractivity contribution < 1.29 is 14.3 Å². The van der Waals surface area contributed by atoms with Crippen molar-refractivity contribution in [3.8, 4) is 5.75 Å². The number of nitrogens with zero attached hydrogens (tertiary/aromatic N) is 1. The van der Waals surface area contributed by atoms with E-state index in [1.165, 1.54) is 4.88 Å². The Morgan fingerprint density at radius 1 is 1.15 bits per heavy atom. The maximum atomic E-state index is 13.5. The summed E-state index contributed by atoms with van der Waals surface area (Å²) < 4.78 is 5.41. The summed E-state index contributed by atoms with van der Waals surface area (Å²) in [6.45, 7) is 9.14. The quantitative estimate of drug-likeness (QED) is 0.610. The molecule has 6 nitrogen and oxygen atoms in total. The number of methoxy groups -OCH3 is 1. The molecule has 4 rings (SSSR count). The van der Waals surface area contributed by atoms with E-state index in [0.717, 1.165) is 50.8 Å². The van der Waals surface area contributed by atoms with E-state index in [4.69, 9.17) is 4.74 Å². The maximum Gasteiger partial charge on any atom is 0.259 e. The average molecular weight is 470 g/mol. The van der Waals surface area contributed by atoms with Crippen molar-refractivity contribution in [2.75, 3.05) is 37.4 Å². The second kappa shape index (κ2) is 9.85. The third-order valence-electron chi connectivity index (χ3n) is 6.89. The highest BCUT2D eigenvalue weighted by molar-refractivity contribution is 7.17. The van der Waals surface area contributed by atoms with Crippen molar-refractivity contribution in [2.45, 2.75) is 52.9 Å². The lowest BCUT2D eigenvalue weighted by Gasteiger charge is -2.33. The van der Waals surface area contributed by atoms with Crippen LogP contribution in [0.2, 0.25) is 0 Å². The summed E-state index contributed by atoms with van der Waals surface area (Å²) in [7, 11) is 1.59. The molecule has 2 aliphatic rings. The molecule has 2 N–H and O–H groups in total. The van der Waals surface area contributed by atoms with E-state index in [0.29, 0.717) is 34.5 Å².